The van der Waals surface area contributed by atoms with Crippen LogP contribution in [0.1, 0.15) is 51.5 Å². The van der Waals surface area contributed by atoms with E-state index in [1.165, 1.54) is 11.6 Å². The molecular weight excluding hydrogens is 450 g/mol. The standard InChI is InChI=1S/C27H38ClN3O3/c1-4-9-24(11-8-19-32)29-27(34)22(5-2)10-6-7-12-26(33)31-17-15-30(16-18-31)25-20-23(28)14-13-21(25)3/h4,8-9,11,13-14,19-20,22,32H,5-7,10,12,15-18H2,1-3H3,(H,29,34)/b9-4-,19-8+,24-11+. The van der Waals surface area contributed by atoms with E-state index in [0.717, 1.165) is 55.7 Å². The molecule has 2 N–H and O–H groups in total. The van der Waals surface area contributed by atoms with Crippen LogP contribution in [0.2, 0.25) is 5.02 Å². The second kappa shape index (κ2) is 14.5. The predicted octanol–water partition coefficient (Wildman–Crippen LogP) is 5.53. The zero-order valence-electron chi connectivity index (χ0n) is 20.6. The molecular formula is C27H38ClN3O3. The molecule has 0 aliphatic carbocycles. The van der Waals surface area contributed by atoms with Crippen LogP contribution in [0.5, 0.6) is 0 Å². The van der Waals surface area contributed by atoms with E-state index in [1.807, 2.05) is 43.0 Å². The maximum atomic E-state index is 12.7. The van der Waals surface area contributed by atoms with Crippen molar-refractivity contribution in [1.82, 2.24) is 10.2 Å². The van der Waals surface area contributed by atoms with Crippen LogP contribution in [-0.4, -0.2) is 48.0 Å². The lowest BCUT2D eigenvalue weighted by atomic mass is 9.97. The molecule has 186 valence electrons. The number of carbonyl (C=O) groups is 2. The number of nitrogens with one attached hydrogen (secondary N) is 1. The number of anilines is 1. The number of halogens is 1. The second-order valence-electron chi connectivity index (χ2n) is 8.60. The number of amides is 2. The number of aliphatic hydroxyl groups excluding tert-OH is 1. The number of hydrogen-bond acceptors (Lipinski definition) is 4. The normalized spacial score (nSPS) is 15.8. The molecule has 0 saturated carbocycles. The Kier molecular flexibility index (Phi) is 11.7. The lowest BCUT2D eigenvalue weighted by Gasteiger charge is -2.37. The van der Waals surface area contributed by atoms with Crippen molar-refractivity contribution in [2.75, 3.05) is 31.1 Å². The van der Waals surface area contributed by atoms with Gasteiger partial charge >= 0.3 is 0 Å². The van der Waals surface area contributed by atoms with Crippen molar-refractivity contribution in [1.29, 1.82) is 0 Å². The van der Waals surface area contributed by atoms with Gasteiger partial charge < -0.3 is 20.2 Å². The summed E-state index contributed by atoms with van der Waals surface area (Å²) in [5, 5.41) is 12.5. The summed E-state index contributed by atoms with van der Waals surface area (Å²) >= 11 is 6.16. The van der Waals surface area contributed by atoms with Gasteiger partial charge in [-0.1, -0.05) is 37.1 Å². The molecule has 1 atom stereocenters. The largest absolute Gasteiger partial charge is 0.516 e. The van der Waals surface area contributed by atoms with Gasteiger partial charge in [0.15, 0.2) is 0 Å². The average molecular weight is 488 g/mol. The summed E-state index contributed by atoms with van der Waals surface area (Å²) in [7, 11) is 0. The van der Waals surface area contributed by atoms with Crippen molar-refractivity contribution in [2.24, 2.45) is 5.92 Å². The monoisotopic (exact) mass is 487 g/mol. The maximum Gasteiger partial charge on any atom is 0.227 e. The number of aryl methyl sites for hydroxylation is 1. The fourth-order valence-electron chi connectivity index (χ4n) is 4.18. The zero-order chi connectivity index (χ0) is 24.9. The third kappa shape index (κ3) is 8.56. The molecule has 1 aromatic carbocycles. The molecule has 2 amide bonds. The minimum atomic E-state index is -0.105. The van der Waals surface area contributed by atoms with Gasteiger partial charge in [0.05, 0.1) is 6.26 Å². The number of carbonyl (C=O) groups excluding carboxylic acids is 2. The van der Waals surface area contributed by atoms with E-state index >= 15 is 0 Å². The van der Waals surface area contributed by atoms with Crippen LogP contribution in [0.3, 0.4) is 0 Å². The number of benzene rings is 1. The first-order valence-corrected chi connectivity index (χ1v) is 12.5. The molecule has 6 nitrogen and oxygen atoms in total. The number of aliphatic hydroxyl groups is 1. The maximum absolute atomic E-state index is 12.7. The summed E-state index contributed by atoms with van der Waals surface area (Å²) in [5.41, 5.74) is 2.97. The van der Waals surface area contributed by atoms with Crippen LogP contribution in [0.4, 0.5) is 5.69 Å². The minimum Gasteiger partial charge on any atom is -0.516 e. The first-order valence-electron chi connectivity index (χ1n) is 12.1. The molecule has 7 heteroatoms. The average Bonchev–Trinajstić information content (AvgIpc) is 2.84. The van der Waals surface area contributed by atoms with E-state index < -0.39 is 0 Å². The SMILES string of the molecule is C\C=C/C(=C\C=C\O)NC(=O)C(CC)CCCCC(=O)N1CCN(c2cc(Cl)ccc2C)CC1. The number of allylic oxidation sites excluding steroid dienone is 4. The van der Waals surface area contributed by atoms with E-state index in [0.29, 0.717) is 25.2 Å². The second-order valence-corrected chi connectivity index (χ2v) is 9.04. The Morgan fingerprint density at radius 2 is 1.94 bits per heavy atom. The minimum absolute atomic E-state index is 0.0306. The number of rotatable bonds is 11. The molecule has 0 radical (unpaired) electrons. The summed E-state index contributed by atoms with van der Waals surface area (Å²) in [6.45, 7) is 8.99. The van der Waals surface area contributed by atoms with Gasteiger partial charge in [-0.15, -0.1) is 0 Å². The third-order valence-electron chi connectivity index (χ3n) is 6.18. The number of hydrogen-bond donors (Lipinski definition) is 2. The Morgan fingerprint density at radius 3 is 2.59 bits per heavy atom. The van der Waals surface area contributed by atoms with Crippen molar-refractivity contribution in [2.45, 2.75) is 52.9 Å². The number of unbranched alkanes of at least 4 members (excludes halogenated alkanes) is 1. The molecule has 2 rings (SSSR count). The molecule has 1 fully saturated rings. The first kappa shape index (κ1) is 27.5. The van der Waals surface area contributed by atoms with Gasteiger partial charge in [0.25, 0.3) is 0 Å². The van der Waals surface area contributed by atoms with Crippen molar-refractivity contribution in [3.05, 3.63) is 65.0 Å². The van der Waals surface area contributed by atoms with E-state index in [9.17, 15) is 9.59 Å². The lowest BCUT2D eigenvalue weighted by molar-refractivity contribution is -0.131. The highest BCUT2D eigenvalue weighted by atomic mass is 35.5. The summed E-state index contributed by atoms with van der Waals surface area (Å²) in [5.74, 6) is 0.0531. The van der Waals surface area contributed by atoms with Gasteiger partial charge in [0, 0.05) is 54.9 Å². The van der Waals surface area contributed by atoms with Gasteiger partial charge in [-0.05, 0) is 69.0 Å². The fourth-order valence-corrected chi connectivity index (χ4v) is 4.34. The first-order chi connectivity index (χ1) is 16.4. The smallest absolute Gasteiger partial charge is 0.227 e. The molecule has 1 aliphatic rings. The van der Waals surface area contributed by atoms with Gasteiger partial charge in [-0.25, -0.2) is 0 Å². The highest BCUT2D eigenvalue weighted by Crippen LogP contribution is 2.25. The highest BCUT2D eigenvalue weighted by Gasteiger charge is 2.22. The van der Waals surface area contributed by atoms with Crippen LogP contribution >= 0.6 is 11.6 Å². The lowest BCUT2D eigenvalue weighted by Crippen LogP contribution is -2.49. The molecule has 1 aromatic rings. The zero-order valence-corrected chi connectivity index (χ0v) is 21.4. The number of nitrogens with zero attached hydrogens (tertiary/aromatic N) is 2. The predicted molar refractivity (Wildman–Crippen MR) is 140 cm³/mol. The molecule has 1 heterocycles. The van der Waals surface area contributed by atoms with Crippen LogP contribution in [0.15, 0.2) is 54.5 Å². The summed E-state index contributed by atoms with van der Waals surface area (Å²) < 4.78 is 0. The highest BCUT2D eigenvalue weighted by molar-refractivity contribution is 6.30. The summed E-state index contributed by atoms with van der Waals surface area (Å²) in [4.78, 5) is 29.6. The van der Waals surface area contributed by atoms with E-state index in [1.54, 1.807) is 12.2 Å². The molecule has 0 aromatic heterocycles. The van der Waals surface area contributed by atoms with Crippen molar-refractivity contribution in [3.8, 4) is 0 Å². The Labute approximate surface area is 209 Å². The fraction of sp³-hybridized carbons (Fsp3) is 0.481. The third-order valence-corrected chi connectivity index (χ3v) is 6.41. The molecule has 1 aliphatic heterocycles. The Hall–Kier alpha value is -2.73. The Bertz CT molecular complexity index is 902. The molecule has 1 saturated heterocycles. The van der Waals surface area contributed by atoms with Crippen molar-refractivity contribution in [3.63, 3.8) is 0 Å². The van der Waals surface area contributed by atoms with Gasteiger partial charge in [-0.2, -0.15) is 0 Å². The van der Waals surface area contributed by atoms with Crippen molar-refractivity contribution < 1.29 is 14.7 Å². The van der Waals surface area contributed by atoms with Gasteiger partial charge in [-0.3, -0.25) is 9.59 Å². The van der Waals surface area contributed by atoms with Crippen molar-refractivity contribution >= 4 is 29.1 Å². The van der Waals surface area contributed by atoms with Crippen LogP contribution in [0.25, 0.3) is 0 Å². The molecule has 34 heavy (non-hydrogen) atoms. The van der Waals surface area contributed by atoms with Crippen LogP contribution in [-0.2, 0) is 9.59 Å². The van der Waals surface area contributed by atoms with E-state index in [-0.39, 0.29) is 17.7 Å². The molecule has 0 bridgehead atoms. The van der Waals surface area contributed by atoms with Gasteiger partial charge in [0.1, 0.15) is 0 Å². The number of piperazine rings is 1. The Balaban J connectivity index is 1.75. The quantitative estimate of drug-likeness (QED) is 0.244. The van der Waals surface area contributed by atoms with Gasteiger partial charge in [0.2, 0.25) is 11.8 Å². The topological polar surface area (TPSA) is 72.9 Å². The van der Waals surface area contributed by atoms with Crippen LogP contribution < -0.4 is 10.2 Å². The van der Waals surface area contributed by atoms with E-state index in [4.69, 9.17) is 16.7 Å². The van der Waals surface area contributed by atoms with E-state index in [2.05, 4.69) is 17.1 Å². The Morgan fingerprint density at radius 1 is 1.21 bits per heavy atom. The molecule has 1 unspecified atom stereocenters. The molecule has 0 spiro atoms. The van der Waals surface area contributed by atoms with Crippen LogP contribution in [0, 0.1) is 12.8 Å². The summed E-state index contributed by atoms with van der Waals surface area (Å²) in [6, 6.07) is 5.93. The summed E-state index contributed by atoms with van der Waals surface area (Å²) in [6.07, 6.45) is 11.3.